The van der Waals surface area contributed by atoms with Crippen molar-refractivity contribution in [1.29, 1.82) is 0 Å². The third kappa shape index (κ3) is 2.99. The second kappa shape index (κ2) is 5.52. The van der Waals surface area contributed by atoms with Gasteiger partial charge < -0.3 is 4.57 Å². The Kier molecular flexibility index (Phi) is 4.03. The minimum absolute atomic E-state index is 0.357. The molecule has 2 heteroatoms. The number of carbonyl (C=O) groups is 1. The molecule has 0 saturated heterocycles. The van der Waals surface area contributed by atoms with Crippen molar-refractivity contribution in [3.63, 3.8) is 0 Å². The highest BCUT2D eigenvalue weighted by atomic mass is 16.1. The van der Waals surface area contributed by atoms with Crippen molar-refractivity contribution in [2.24, 2.45) is 0 Å². The molecule has 2 nitrogen and oxygen atoms in total. The van der Waals surface area contributed by atoms with Gasteiger partial charge in [-0.3, -0.25) is 4.79 Å². The van der Waals surface area contributed by atoms with Crippen LogP contribution in [0.5, 0.6) is 0 Å². The lowest BCUT2D eigenvalue weighted by Gasteiger charge is -2.21. The number of rotatable bonds is 5. The number of aryl methyl sites for hydroxylation is 1. The first-order valence-corrected chi connectivity index (χ1v) is 6.92. The zero-order valence-electron chi connectivity index (χ0n) is 11.0. The van der Waals surface area contributed by atoms with Crippen molar-refractivity contribution in [3.05, 3.63) is 23.5 Å². The highest BCUT2D eigenvalue weighted by Crippen LogP contribution is 2.25. The molecule has 17 heavy (non-hydrogen) atoms. The second-order valence-corrected chi connectivity index (χ2v) is 5.33. The Morgan fingerprint density at radius 1 is 1.35 bits per heavy atom. The average molecular weight is 233 g/mol. The molecule has 0 spiro atoms. The normalized spacial score (nSPS) is 19.4. The number of fused-ring (bicyclic) bond motifs is 1. The van der Waals surface area contributed by atoms with Gasteiger partial charge in [0.2, 0.25) is 0 Å². The van der Waals surface area contributed by atoms with E-state index in [9.17, 15) is 4.79 Å². The van der Waals surface area contributed by atoms with E-state index in [4.69, 9.17) is 0 Å². The molecule has 1 aliphatic rings. The van der Waals surface area contributed by atoms with Crippen LogP contribution in [0.4, 0.5) is 0 Å². The fourth-order valence-electron chi connectivity index (χ4n) is 2.73. The lowest BCUT2D eigenvalue weighted by atomic mass is 10.0. The summed E-state index contributed by atoms with van der Waals surface area (Å²) in [5.41, 5.74) is 2.64. The van der Waals surface area contributed by atoms with Gasteiger partial charge in [-0.2, -0.15) is 0 Å². The molecule has 0 saturated carbocycles. The fraction of sp³-hybridized carbons (Fsp3) is 0.667. The van der Waals surface area contributed by atoms with E-state index in [0.717, 1.165) is 0 Å². The number of unbranched alkanes of at least 4 members (excludes halogenated alkanes) is 3. The van der Waals surface area contributed by atoms with E-state index >= 15 is 0 Å². The number of hydrogen-bond donors (Lipinski definition) is 0. The van der Waals surface area contributed by atoms with Gasteiger partial charge in [0.15, 0.2) is 0 Å². The first kappa shape index (κ1) is 12.4. The summed E-state index contributed by atoms with van der Waals surface area (Å²) in [6, 6.07) is 2.59. The van der Waals surface area contributed by atoms with E-state index in [-0.39, 0.29) is 0 Å². The van der Waals surface area contributed by atoms with E-state index in [1.165, 1.54) is 43.4 Å². The van der Waals surface area contributed by atoms with Crippen molar-refractivity contribution in [2.75, 3.05) is 0 Å². The molecule has 0 radical (unpaired) electrons. The lowest BCUT2D eigenvalue weighted by Crippen LogP contribution is -2.21. The number of Topliss-reactive ketones (excluding diaryl/α,β-unsaturated/α-hetero) is 1. The Morgan fingerprint density at radius 2 is 2.18 bits per heavy atom. The van der Waals surface area contributed by atoms with E-state index < -0.39 is 0 Å². The maximum absolute atomic E-state index is 11.5. The van der Waals surface area contributed by atoms with E-state index in [1.807, 2.05) is 0 Å². The minimum atomic E-state index is 0.357. The molecule has 0 fully saturated rings. The van der Waals surface area contributed by atoms with Gasteiger partial charge in [0.1, 0.15) is 5.78 Å². The minimum Gasteiger partial charge on any atom is -0.348 e. The van der Waals surface area contributed by atoms with E-state index in [2.05, 4.69) is 30.7 Å². The molecule has 94 valence electrons. The first-order valence-electron chi connectivity index (χ1n) is 6.92. The summed E-state index contributed by atoms with van der Waals surface area (Å²) in [5.74, 6) is 0.389. The van der Waals surface area contributed by atoms with Gasteiger partial charge in [-0.1, -0.05) is 26.2 Å². The Bertz CT molecular complexity index is 392. The van der Waals surface area contributed by atoms with Crippen LogP contribution >= 0.6 is 0 Å². The largest absolute Gasteiger partial charge is 0.348 e. The number of nitrogens with zero attached hydrogens (tertiary/aromatic N) is 1. The summed E-state index contributed by atoms with van der Waals surface area (Å²) in [6.07, 6.45) is 10.0. The third-order valence-corrected chi connectivity index (χ3v) is 3.68. The maximum atomic E-state index is 11.5. The van der Waals surface area contributed by atoms with Crippen molar-refractivity contribution >= 4 is 5.78 Å². The van der Waals surface area contributed by atoms with Crippen LogP contribution < -0.4 is 0 Å². The SMILES string of the molecule is CCCCCCc1cc2n(c1)C(C)CC(=O)C2. The van der Waals surface area contributed by atoms with Crippen LogP contribution in [0.3, 0.4) is 0 Å². The van der Waals surface area contributed by atoms with Crippen molar-refractivity contribution in [1.82, 2.24) is 4.57 Å². The zero-order chi connectivity index (χ0) is 12.3. The quantitative estimate of drug-likeness (QED) is 0.711. The van der Waals surface area contributed by atoms with E-state index in [0.29, 0.717) is 24.7 Å². The Balaban J connectivity index is 1.97. The van der Waals surface area contributed by atoms with E-state index in [1.54, 1.807) is 0 Å². The van der Waals surface area contributed by atoms with Gasteiger partial charge in [-0.05, 0) is 31.4 Å². The summed E-state index contributed by atoms with van der Waals surface area (Å²) < 4.78 is 2.30. The van der Waals surface area contributed by atoms with Gasteiger partial charge in [-0.25, -0.2) is 0 Å². The van der Waals surface area contributed by atoms with Crippen LogP contribution in [0.2, 0.25) is 0 Å². The lowest BCUT2D eigenvalue weighted by molar-refractivity contribution is -0.119. The van der Waals surface area contributed by atoms with Crippen LogP contribution in [0.15, 0.2) is 12.3 Å². The molecular formula is C15H23NO. The predicted octanol–water partition coefficient (Wildman–Crippen LogP) is 3.69. The summed E-state index contributed by atoms with van der Waals surface area (Å²) >= 11 is 0. The molecule has 0 aliphatic carbocycles. The maximum Gasteiger partial charge on any atom is 0.140 e. The Morgan fingerprint density at radius 3 is 2.94 bits per heavy atom. The third-order valence-electron chi connectivity index (χ3n) is 3.68. The smallest absolute Gasteiger partial charge is 0.140 e. The number of hydrogen-bond acceptors (Lipinski definition) is 1. The molecular weight excluding hydrogens is 210 g/mol. The molecule has 0 bridgehead atoms. The Labute approximate surface area is 104 Å². The van der Waals surface area contributed by atoms with Crippen LogP contribution in [0, 0.1) is 0 Å². The van der Waals surface area contributed by atoms with Crippen LogP contribution in [-0.2, 0) is 17.6 Å². The number of aromatic nitrogens is 1. The molecule has 1 aromatic heterocycles. The highest BCUT2D eigenvalue weighted by molar-refractivity contribution is 5.82. The summed E-state index contributed by atoms with van der Waals surface area (Å²) in [4.78, 5) is 11.5. The zero-order valence-corrected chi connectivity index (χ0v) is 11.0. The molecule has 1 aromatic rings. The molecule has 2 heterocycles. The first-order chi connectivity index (χ1) is 8.20. The van der Waals surface area contributed by atoms with Gasteiger partial charge in [0.25, 0.3) is 0 Å². The highest BCUT2D eigenvalue weighted by Gasteiger charge is 2.21. The van der Waals surface area contributed by atoms with Crippen molar-refractivity contribution in [3.8, 4) is 0 Å². The topological polar surface area (TPSA) is 22.0 Å². The molecule has 1 unspecified atom stereocenters. The molecule has 0 aromatic carbocycles. The van der Waals surface area contributed by atoms with Gasteiger partial charge in [0, 0.05) is 30.8 Å². The van der Waals surface area contributed by atoms with Crippen LogP contribution in [0.1, 0.15) is 63.3 Å². The number of carbonyl (C=O) groups excluding carboxylic acids is 1. The fourth-order valence-corrected chi connectivity index (χ4v) is 2.73. The van der Waals surface area contributed by atoms with Gasteiger partial charge in [-0.15, -0.1) is 0 Å². The molecule has 0 N–H and O–H groups in total. The summed E-state index contributed by atoms with van der Waals surface area (Å²) in [6.45, 7) is 4.38. The van der Waals surface area contributed by atoms with Crippen molar-refractivity contribution in [2.45, 2.75) is 64.8 Å². The molecule has 1 atom stereocenters. The van der Waals surface area contributed by atoms with Crippen molar-refractivity contribution < 1.29 is 4.79 Å². The molecule has 0 amide bonds. The summed E-state index contributed by atoms with van der Waals surface area (Å²) in [7, 11) is 0. The monoisotopic (exact) mass is 233 g/mol. The molecule has 2 rings (SSSR count). The standard InChI is InChI=1S/C15H23NO/c1-3-4-5-6-7-13-9-14-10-15(17)8-12(2)16(14)11-13/h9,11-12H,3-8,10H2,1-2H3. The average Bonchev–Trinajstić information content (AvgIpc) is 2.67. The number of ketones is 1. The second-order valence-electron chi connectivity index (χ2n) is 5.33. The predicted molar refractivity (Wildman–Crippen MR) is 70.3 cm³/mol. The summed E-state index contributed by atoms with van der Waals surface area (Å²) in [5, 5.41) is 0. The van der Waals surface area contributed by atoms with Gasteiger partial charge >= 0.3 is 0 Å². The molecule has 1 aliphatic heterocycles. The Hall–Kier alpha value is -1.05. The van der Waals surface area contributed by atoms with Gasteiger partial charge in [0.05, 0.1) is 0 Å². The van der Waals surface area contributed by atoms with Crippen LogP contribution in [-0.4, -0.2) is 10.4 Å². The van der Waals surface area contributed by atoms with Crippen LogP contribution in [0.25, 0.3) is 0 Å².